The molecule has 4 rings (SSSR count). The minimum Gasteiger partial charge on any atom is -0.467 e. The summed E-state index contributed by atoms with van der Waals surface area (Å²) in [6.45, 7) is 6.62. The molecule has 0 saturated heterocycles. The zero-order valence-corrected chi connectivity index (χ0v) is 20.6. The van der Waals surface area contributed by atoms with Gasteiger partial charge < -0.3 is 15.0 Å². The number of amides is 1. The van der Waals surface area contributed by atoms with E-state index in [4.69, 9.17) is 9.72 Å². The highest BCUT2D eigenvalue weighted by atomic mass is 19.1. The van der Waals surface area contributed by atoms with Gasteiger partial charge in [0.05, 0.1) is 37.7 Å². The molecule has 35 heavy (non-hydrogen) atoms. The number of carbonyl (C=O) groups excluding carboxylic acids is 1. The number of fused-ring (bicyclic) bond motifs is 1. The van der Waals surface area contributed by atoms with Gasteiger partial charge in [-0.2, -0.15) is 9.78 Å². The Kier molecular flexibility index (Phi) is 7.17. The lowest BCUT2D eigenvalue weighted by molar-refractivity contribution is -0.132. The van der Waals surface area contributed by atoms with Crippen LogP contribution in [0, 0.1) is 12.7 Å². The zero-order valence-electron chi connectivity index (χ0n) is 20.6. The summed E-state index contributed by atoms with van der Waals surface area (Å²) in [5.41, 5.74) is 2.77. The van der Waals surface area contributed by atoms with E-state index < -0.39 is 11.7 Å². The Morgan fingerprint density at radius 1 is 1.40 bits per heavy atom. The molecule has 0 aliphatic carbocycles. The Bertz CT molecular complexity index is 1220. The fourth-order valence-electron chi connectivity index (χ4n) is 4.30. The number of pyridine rings is 1. The van der Waals surface area contributed by atoms with Crippen molar-refractivity contribution in [3.63, 3.8) is 0 Å². The van der Waals surface area contributed by atoms with Crippen molar-refractivity contribution < 1.29 is 13.9 Å². The molecule has 0 radical (unpaired) electrons. The maximum absolute atomic E-state index is 14.4. The van der Waals surface area contributed by atoms with Crippen LogP contribution in [0.3, 0.4) is 0 Å². The van der Waals surface area contributed by atoms with Crippen molar-refractivity contribution in [3.8, 4) is 17.4 Å². The number of nitrogens with zero attached hydrogens (tertiary/aromatic N) is 8. The highest BCUT2D eigenvalue weighted by molar-refractivity contribution is 5.83. The van der Waals surface area contributed by atoms with Gasteiger partial charge in [-0.25, -0.2) is 14.4 Å². The molecular formula is C23H30FN9O2. The van der Waals surface area contributed by atoms with Crippen molar-refractivity contribution >= 4 is 11.7 Å². The van der Waals surface area contributed by atoms with Crippen molar-refractivity contribution in [2.24, 2.45) is 7.05 Å². The quantitative estimate of drug-likeness (QED) is 0.514. The average molecular weight is 484 g/mol. The summed E-state index contributed by atoms with van der Waals surface area (Å²) in [5, 5.41) is 15.8. The molecule has 1 aliphatic heterocycles. The summed E-state index contributed by atoms with van der Waals surface area (Å²) in [6.07, 6.45) is 3.44. The maximum Gasteiger partial charge on any atom is 0.316 e. The lowest BCUT2D eigenvalue weighted by Gasteiger charge is -2.33. The molecule has 1 aliphatic rings. The van der Waals surface area contributed by atoms with E-state index in [1.807, 2.05) is 13.8 Å². The van der Waals surface area contributed by atoms with E-state index in [1.165, 1.54) is 11.9 Å². The first-order valence-corrected chi connectivity index (χ1v) is 11.7. The molecule has 0 fully saturated rings. The molecule has 11 nitrogen and oxygen atoms in total. The molecule has 0 saturated carbocycles. The highest BCUT2D eigenvalue weighted by Gasteiger charge is 2.29. The molecular weight excluding hydrogens is 453 g/mol. The predicted octanol–water partition coefficient (Wildman–Crippen LogP) is 2.29. The Labute approximate surface area is 203 Å². The van der Waals surface area contributed by atoms with Crippen molar-refractivity contribution in [2.45, 2.75) is 52.0 Å². The standard InChI is InChI=1S/C23H30FN9O2/c1-6-9-33(22(34)13(2)19-18(24)11-25-23(28-19)35-5)12-16-8-7-15-10-17(14(3)26-20(15)27-16)21-29-31-32(4)30-21/h10-11,13,16H,6-9,12H2,1-5H3,(H,26,27)/t13-,16+/m0/s1. The predicted molar refractivity (Wildman–Crippen MR) is 126 cm³/mol. The molecule has 0 bridgehead atoms. The van der Waals surface area contributed by atoms with E-state index in [-0.39, 0.29) is 23.7 Å². The van der Waals surface area contributed by atoms with E-state index in [0.29, 0.717) is 18.9 Å². The van der Waals surface area contributed by atoms with E-state index >= 15 is 0 Å². The van der Waals surface area contributed by atoms with Gasteiger partial charge >= 0.3 is 6.01 Å². The molecule has 4 heterocycles. The van der Waals surface area contributed by atoms with Crippen LogP contribution in [-0.4, -0.2) is 72.2 Å². The Morgan fingerprint density at radius 2 is 2.20 bits per heavy atom. The van der Waals surface area contributed by atoms with Gasteiger partial charge in [-0.1, -0.05) is 6.92 Å². The minimum absolute atomic E-state index is 0.0161. The summed E-state index contributed by atoms with van der Waals surface area (Å²) in [6, 6.07) is 2.11. The van der Waals surface area contributed by atoms with Gasteiger partial charge in [0.1, 0.15) is 5.82 Å². The van der Waals surface area contributed by atoms with Gasteiger partial charge in [0.15, 0.2) is 5.82 Å². The van der Waals surface area contributed by atoms with Crippen LogP contribution in [0.15, 0.2) is 12.3 Å². The fourth-order valence-corrected chi connectivity index (χ4v) is 4.30. The summed E-state index contributed by atoms with van der Waals surface area (Å²) < 4.78 is 19.4. The molecule has 3 aromatic rings. The molecule has 2 atom stereocenters. The smallest absolute Gasteiger partial charge is 0.316 e. The molecule has 0 aromatic carbocycles. The number of tetrazole rings is 1. The van der Waals surface area contributed by atoms with Crippen LogP contribution in [-0.2, 0) is 18.3 Å². The Balaban J connectivity index is 1.50. The molecule has 0 spiro atoms. The largest absolute Gasteiger partial charge is 0.467 e. The number of aromatic nitrogens is 7. The lowest BCUT2D eigenvalue weighted by Crippen LogP contribution is -2.44. The van der Waals surface area contributed by atoms with Crippen LogP contribution in [0.1, 0.15) is 49.6 Å². The number of hydrogen-bond acceptors (Lipinski definition) is 9. The average Bonchev–Trinajstić information content (AvgIpc) is 3.28. The van der Waals surface area contributed by atoms with Crippen molar-refractivity contribution in [3.05, 3.63) is 35.0 Å². The summed E-state index contributed by atoms with van der Waals surface area (Å²) in [4.78, 5) is 29.1. The van der Waals surface area contributed by atoms with Crippen molar-refractivity contribution in [2.75, 3.05) is 25.5 Å². The second-order valence-electron chi connectivity index (χ2n) is 8.71. The van der Waals surface area contributed by atoms with Crippen LogP contribution >= 0.6 is 0 Å². The molecule has 1 amide bonds. The van der Waals surface area contributed by atoms with E-state index in [2.05, 4.69) is 36.8 Å². The third kappa shape index (κ3) is 5.20. The number of rotatable bonds is 8. The van der Waals surface area contributed by atoms with Crippen LogP contribution < -0.4 is 10.1 Å². The van der Waals surface area contributed by atoms with Gasteiger partial charge in [-0.3, -0.25) is 4.79 Å². The Morgan fingerprint density at radius 3 is 2.89 bits per heavy atom. The molecule has 3 aromatic heterocycles. The summed E-state index contributed by atoms with van der Waals surface area (Å²) >= 11 is 0. The molecule has 12 heteroatoms. The third-order valence-corrected chi connectivity index (χ3v) is 6.10. The number of anilines is 1. The maximum atomic E-state index is 14.4. The summed E-state index contributed by atoms with van der Waals surface area (Å²) in [5.74, 6) is -0.232. The number of nitrogens with one attached hydrogen (secondary N) is 1. The van der Waals surface area contributed by atoms with Crippen LogP contribution in [0.2, 0.25) is 0 Å². The SMILES string of the molecule is CCCN(C[C@H]1CCc2cc(-c3nnn(C)n3)c(C)nc2N1)C(=O)[C@@H](C)c1nc(OC)ncc1F. The fraction of sp³-hybridized carbons (Fsp3) is 0.522. The van der Waals surface area contributed by atoms with Gasteiger partial charge in [-0.05, 0) is 50.0 Å². The topological polar surface area (TPSA) is 124 Å². The first-order chi connectivity index (χ1) is 16.8. The summed E-state index contributed by atoms with van der Waals surface area (Å²) in [7, 11) is 3.13. The number of carbonyl (C=O) groups is 1. The van der Waals surface area contributed by atoms with Crippen LogP contribution in [0.5, 0.6) is 6.01 Å². The number of aryl methyl sites for hydroxylation is 3. The second kappa shape index (κ2) is 10.3. The van der Waals surface area contributed by atoms with Crippen molar-refractivity contribution in [1.82, 2.24) is 40.1 Å². The number of halogens is 1. The number of methoxy groups -OCH3 is 1. The van der Waals surface area contributed by atoms with E-state index in [0.717, 1.165) is 48.1 Å². The first-order valence-electron chi connectivity index (χ1n) is 11.7. The van der Waals surface area contributed by atoms with Gasteiger partial charge in [0.25, 0.3) is 0 Å². The number of hydrogen-bond donors (Lipinski definition) is 1. The van der Waals surface area contributed by atoms with Crippen LogP contribution in [0.4, 0.5) is 10.2 Å². The molecule has 0 unspecified atom stereocenters. The third-order valence-electron chi connectivity index (χ3n) is 6.10. The van der Waals surface area contributed by atoms with E-state index in [1.54, 1.807) is 18.9 Å². The normalized spacial score (nSPS) is 15.8. The van der Waals surface area contributed by atoms with Crippen LogP contribution in [0.25, 0.3) is 11.4 Å². The van der Waals surface area contributed by atoms with E-state index in [9.17, 15) is 9.18 Å². The molecule has 1 N–H and O–H groups in total. The van der Waals surface area contributed by atoms with Crippen molar-refractivity contribution in [1.29, 1.82) is 0 Å². The zero-order chi connectivity index (χ0) is 25.1. The highest BCUT2D eigenvalue weighted by Crippen LogP contribution is 2.30. The lowest BCUT2D eigenvalue weighted by atomic mass is 9.97. The monoisotopic (exact) mass is 483 g/mol. The second-order valence-corrected chi connectivity index (χ2v) is 8.71. The van der Waals surface area contributed by atoms with Gasteiger partial charge in [0, 0.05) is 24.7 Å². The first kappa shape index (κ1) is 24.4. The number of ether oxygens (including phenoxy) is 1. The molecule has 186 valence electrons. The Hall–Kier alpha value is -3.70. The van der Waals surface area contributed by atoms with Gasteiger partial charge in [-0.15, -0.1) is 10.2 Å². The van der Waals surface area contributed by atoms with Gasteiger partial charge in [0.2, 0.25) is 11.7 Å². The minimum atomic E-state index is -0.767.